The lowest BCUT2D eigenvalue weighted by atomic mass is 9.94. The van der Waals surface area contributed by atoms with Crippen LogP contribution in [0.1, 0.15) is 46.0 Å². The van der Waals surface area contributed by atoms with Gasteiger partial charge in [-0.3, -0.25) is 4.90 Å². The van der Waals surface area contributed by atoms with Gasteiger partial charge in [-0.25, -0.2) is 4.79 Å². The second-order valence-corrected chi connectivity index (χ2v) is 9.72. The van der Waals surface area contributed by atoms with E-state index in [0.717, 1.165) is 24.9 Å². The van der Waals surface area contributed by atoms with Crippen molar-refractivity contribution in [2.45, 2.75) is 58.1 Å². The summed E-state index contributed by atoms with van der Waals surface area (Å²) < 4.78 is 16.1. The van der Waals surface area contributed by atoms with Crippen LogP contribution < -0.4 is 29.7 Å². The number of carbonyl (C=O) groups is 1. The third kappa shape index (κ3) is 9.92. The maximum Gasteiger partial charge on any atom is 0.319 e. The highest BCUT2D eigenvalue weighted by molar-refractivity contribution is 5.90. The van der Waals surface area contributed by atoms with E-state index in [2.05, 4.69) is 71.4 Å². The summed E-state index contributed by atoms with van der Waals surface area (Å²) in [6.07, 6.45) is 15.3. The van der Waals surface area contributed by atoms with Crippen molar-refractivity contribution in [3.05, 3.63) is 42.5 Å². The molecule has 2 fully saturated rings. The number of para-hydroxylation sites is 2. The summed E-state index contributed by atoms with van der Waals surface area (Å²) in [5, 5.41) is 5.09. The number of nitrogens with one attached hydrogen (secondary N) is 2. The summed E-state index contributed by atoms with van der Waals surface area (Å²) in [6, 6.07) is 14.2. The van der Waals surface area contributed by atoms with Crippen LogP contribution >= 0.6 is 0 Å². The molecule has 8 nitrogen and oxygen atoms in total. The van der Waals surface area contributed by atoms with E-state index < -0.39 is 0 Å². The van der Waals surface area contributed by atoms with Gasteiger partial charge in [-0.2, -0.15) is 0 Å². The average Bonchev–Trinajstić information content (AvgIpc) is 2.99. The Kier molecular flexibility index (Phi) is 13.9. The van der Waals surface area contributed by atoms with Crippen LogP contribution in [0.3, 0.4) is 0 Å². The third-order valence-electron chi connectivity index (χ3n) is 6.86. The molecule has 0 unspecified atom stereocenters. The van der Waals surface area contributed by atoms with Crippen molar-refractivity contribution < 1.29 is 19.0 Å². The largest absolute Gasteiger partial charge is 0.497 e. The summed E-state index contributed by atoms with van der Waals surface area (Å²) in [7, 11) is 4.65. The number of ether oxygens (including phenoxy) is 3. The predicted octanol–water partition coefficient (Wildman–Crippen LogP) is 5.63. The Balaban J connectivity index is 0.000000275. The topological polar surface area (TPSA) is 75.3 Å². The van der Waals surface area contributed by atoms with E-state index in [1.807, 2.05) is 0 Å². The normalized spacial score (nSPS) is 15.6. The minimum atomic E-state index is -0.293. The molecular formula is C31H46N4O4. The van der Waals surface area contributed by atoms with E-state index in [0.29, 0.717) is 17.2 Å². The Morgan fingerprint density at radius 3 is 2.18 bits per heavy atom. The molecule has 0 radical (unpaired) electrons. The zero-order valence-corrected chi connectivity index (χ0v) is 24.2. The number of hydrogen-bond acceptors (Lipinski definition) is 6. The summed E-state index contributed by atoms with van der Waals surface area (Å²) in [6.45, 7) is 8.82. The number of piperazine rings is 1. The highest BCUT2D eigenvalue weighted by Gasteiger charge is 2.26. The molecule has 2 amide bonds. The molecule has 1 saturated heterocycles. The second-order valence-electron chi connectivity index (χ2n) is 9.72. The Labute approximate surface area is 235 Å². The smallest absolute Gasteiger partial charge is 0.319 e. The van der Waals surface area contributed by atoms with Crippen LogP contribution in [0.25, 0.3) is 0 Å². The van der Waals surface area contributed by atoms with E-state index in [4.69, 9.17) is 14.2 Å². The molecule has 0 aromatic heterocycles. The van der Waals surface area contributed by atoms with Gasteiger partial charge in [0.1, 0.15) is 17.2 Å². The molecular weight excluding hydrogens is 492 g/mol. The molecule has 1 aliphatic heterocycles. The molecule has 4 rings (SSSR count). The van der Waals surface area contributed by atoms with Crippen LogP contribution in [-0.2, 0) is 0 Å². The van der Waals surface area contributed by atoms with Crippen LogP contribution in [0.15, 0.2) is 42.5 Å². The lowest BCUT2D eigenvalue weighted by molar-refractivity contribution is 0.147. The van der Waals surface area contributed by atoms with E-state index in [-0.39, 0.29) is 12.1 Å². The second kappa shape index (κ2) is 17.1. The first kappa shape index (κ1) is 31.6. The fourth-order valence-electron chi connectivity index (χ4n) is 4.93. The SMILES string of the molecule is C#C.CC(C)Oc1ccccc1N1CCN(C2CCCCC2)CC1.CNC(=O)Nc1ccc(OC)cc1OC. The number of hydrogen-bond donors (Lipinski definition) is 2. The minimum absolute atomic E-state index is 0.227. The molecule has 2 N–H and O–H groups in total. The number of urea groups is 1. The van der Waals surface area contributed by atoms with Gasteiger partial charge in [-0.1, -0.05) is 31.4 Å². The summed E-state index contributed by atoms with van der Waals surface area (Å²) in [5.74, 6) is 2.26. The van der Waals surface area contributed by atoms with Gasteiger partial charge in [-0.15, -0.1) is 12.8 Å². The lowest BCUT2D eigenvalue weighted by Gasteiger charge is -2.41. The van der Waals surface area contributed by atoms with Crippen molar-refractivity contribution in [3.63, 3.8) is 0 Å². The van der Waals surface area contributed by atoms with Crippen molar-refractivity contribution in [1.29, 1.82) is 0 Å². The summed E-state index contributed by atoms with van der Waals surface area (Å²) in [5.41, 5.74) is 1.86. The first-order chi connectivity index (χ1) is 18.9. The number of methoxy groups -OCH3 is 2. The van der Waals surface area contributed by atoms with Gasteiger partial charge in [0.05, 0.1) is 31.7 Å². The van der Waals surface area contributed by atoms with Crippen LogP contribution in [0.5, 0.6) is 17.2 Å². The van der Waals surface area contributed by atoms with Crippen LogP contribution in [0.2, 0.25) is 0 Å². The van der Waals surface area contributed by atoms with Gasteiger partial charge < -0.3 is 29.7 Å². The minimum Gasteiger partial charge on any atom is -0.497 e. The van der Waals surface area contributed by atoms with Gasteiger partial charge in [0.25, 0.3) is 0 Å². The Bertz CT molecular complexity index is 1010. The van der Waals surface area contributed by atoms with Gasteiger partial charge in [0, 0.05) is 45.3 Å². The highest BCUT2D eigenvalue weighted by Crippen LogP contribution is 2.31. The molecule has 214 valence electrons. The number of anilines is 2. The zero-order chi connectivity index (χ0) is 28.6. The standard InChI is InChI=1S/C19H30N2O.C10H14N2O3.C2H2/c1-16(2)22-19-11-7-6-10-18(19)21-14-12-20(13-15-21)17-8-4-3-5-9-17;1-11-10(13)12-8-5-4-7(14-2)6-9(8)15-3;1-2/h6-7,10-11,16-17H,3-5,8-9,12-15H2,1-2H3;4-6H,1-3H3,(H2,11,12,13);1-2H. The van der Waals surface area contributed by atoms with Crippen molar-refractivity contribution in [1.82, 2.24) is 10.2 Å². The zero-order valence-electron chi connectivity index (χ0n) is 24.2. The van der Waals surface area contributed by atoms with E-state index in [1.54, 1.807) is 32.4 Å². The Morgan fingerprint density at radius 2 is 1.59 bits per heavy atom. The van der Waals surface area contributed by atoms with Gasteiger partial charge >= 0.3 is 6.03 Å². The number of terminal acetylenes is 1. The molecule has 1 aliphatic carbocycles. The number of nitrogens with zero attached hydrogens (tertiary/aromatic N) is 2. The van der Waals surface area contributed by atoms with Crippen LogP contribution in [-0.4, -0.2) is 70.5 Å². The van der Waals surface area contributed by atoms with Crippen molar-refractivity contribution in [2.24, 2.45) is 0 Å². The van der Waals surface area contributed by atoms with E-state index in [9.17, 15) is 4.79 Å². The maximum absolute atomic E-state index is 11.1. The number of amides is 2. The Hall–Kier alpha value is -3.57. The molecule has 2 aromatic rings. The average molecular weight is 539 g/mol. The predicted molar refractivity (Wildman–Crippen MR) is 160 cm³/mol. The molecule has 0 spiro atoms. The molecule has 2 aliphatic rings. The van der Waals surface area contributed by atoms with E-state index >= 15 is 0 Å². The number of rotatable bonds is 7. The fraction of sp³-hybridized carbons (Fsp3) is 0.516. The molecule has 1 heterocycles. The molecule has 8 heteroatoms. The number of benzene rings is 2. The Morgan fingerprint density at radius 1 is 0.923 bits per heavy atom. The highest BCUT2D eigenvalue weighted by atomic mass is 16.5. The summed E-state index contributed by atoms with van der Waals surface area (Å²) >= 11 is 0. The molecule has 1 saturated carbocycles. The molecule has 0 atom stereocenters. The molecule has 2 aromatic carbocycles. The maximum atomic E-state index is 11.1. The summed E-state index contributed by atoms with van der Waals surface area (Å²) in [4.78, 5) is 16.3. The monoisotopic (exact) mass is 538 g/mol. The van der Waals surface area contributed by atoms with E-state index in [1.165, 1.54) is 58.0 Å². The van der Waals surface area contributed by atoms with Gasteiger partial charge in [-0.05, 0) is 51.0 Å². The van der Waals surface area contributed by atoms with Crippen molar-refractivity contribution in [3.8, 4) is 30.1 Å². The molecule has 39 heavy (non-hydrogen) atoms. The van der Waals surface area contributed by atoms with Crippen molar-refractivity contribution >= 4 is 17.4 Å². The molecule has 0 bridgehead atoms. The number of carbonyl (C=O) groups excluding carboxylic acids is 1. The van der Waals surface area contributed by atoms with Gasteiger partial charge in [0.15, 0.2) is 0 Å². The van der Waals surface area contributed by atoms with Crippen LogP contribution in [0.4, 0.5) is 16.2 Å². The fourth-order valence-corrected chi connectivity index (χ4v) is 4.93. The first-order valence-corrected chi connectivity index (χ1v) is 13.7. The van der Waals surface area contributed by atoms with Crippen LogP contribution in [0, 0.1) is 12.8 Å². The third-order valence-corrected chi connectivity index (χ3v) is 6.86. The van der Waals surface area contributed by atoms with Gasteiger partial charge in [0.2, 0.25) is 0 Å². The van der Waals surface area contributed by atoms with Crippen molar-refractivity contribution in [2.75, 3.05) is 57.7 Å². The quantitative estimate of drug-likeness (QED) is 0.445. The first-order valence-electron chi connectivity index (χ1n) is 13.7. The lowest BCUT2D eigenvalue weighted by Crippen LogP contribution is -2.50.